The summed E-state index contributed by atoms with van der Waals surface area (Å²) in [5, 5.41) is 43.3. The number of nitriles is 2. The Morgan fingerprint density at radius 1 is 0.655 bits per heavy atom. The summed E-state index contributed by atoms with van der Waals surface area (Å²) in [4.78, 5) is 80.6. The average Bonchev–Trinajstić information content (AvgIpc) is 3.53. The number of nitrogens with zero attached hydrogens (tertiary/aromatic N) is 9. The van der Waals surface area contributed by atoms with Crippen LogP contribution in [-0.2, 0) is 46.6 Å². The highest BCUT2D eigenvalue weighted by Crippen LogP contribution is 2.36. The third-order valence-corrected chi connectivity index (χ3v) is 17.8. The lowest BCUT2D eigenvalue weighted by molar-refractivity contribution is -0.146. The zero-order chi connectivity index (χ0) is 64.1. The van der Waals surface area contributed by atoms with E-state index in [9.17, 15) is 28.8 Å². The van der Waals surface area contributed by atoms with Gasteiger partial charge in [0.15, 0.2) is 6.61 Å². The number of carboxylic acids is 1. The molecule has 468 valence electrons. The highest BCUT2D eigenvalue weighted by molar-refractivity contribution is 9.09. The molecule has 0 heterocycles. The predicted molar refractivity (Wildman–Crippen MR) is 343 cm³/mol. The molecule has 84 heavy (non-hydrogen) atoms. The molecule has 4 atom stereocenters. The first-order valence-corrected chi connectivity index (χ1v) is 33.1. The predicted octanol–water partition coefficient (Wildman–Crippen LogP) is 13.8. The SMILES string of the molecule is CCN(C(C)C)C(C)C.C[C@@H](CCCCNC(=O)[C@H](CSSC(C)(C)C)NC(=O)OCc1ccc(N=[N+]=[N-])cc1)C(=O)O.C[C@@H](CCCCNC(=O)[C@H](CSSC(C)(C)C)NC(=O)OCc1ccc(N=[N+]=[N-])cc1)C(=O)OCC#N.N#CCBr. The van der Waals surface area contributed by atoms with Crippen molar-refractivity contribution in [3.8, 4) is 12.1 Å². The number of nitrogens with one attached hydrogen (secondary N) is 4. The van der Waals surface area contributed by atoms with Crippen LogP contribution in [0, 0.1) is 34.5 Å². The van der Waals surface area contributed by atoms with Crippen molar-refractivity contribution < 1.29 is 48.1 Å². The third-order valence-electron chi connectivity index (χ3n) is 10.8. The number of hydrogen-bond acceptors (Lipinski definition) is 18. The fourth-order valence-electron chi connectivity index (χ4n) is 6.64. The van der Waals surface area contributed by atoms with Gasteiger partial charge in [0, 0.05) is 67.4 Å². The second-order valence-electron chi connectivity index (χ2n) is 21.0. The van der Waals surface area contributed by atoms with Gasteiger partial charge in [0.2, 0.25) is 11.8 Å². The maximum absolute atomic E-state index is 12.8. The highest BCUT2D eigenvalue weighted by Gasteiger charge is 2.25. The molecule has 0 bridgehead atoms. The second kappa shape index (κ2) is 47.5. The topological polar surface area (TPSA) is 347 Å². The van der Waals surface area contributed by atoms with E-state index in [1.807, 2.05) is 6.07 Å². The number of carboxylic acid groups (broad SMARTS) is 1. The minimum absolute atomic E-state index is 0.00235. The van der Waals surface area contributed by atoms with Crippen molar-refractivity contribution >= 4 is 106 Å². The monoisotopic (exact) mass is 1310 g/mol. The Morgan fingerprint density at radius 2 is 1.04 bits per heavy atom. The third kappa shape index (κ3) is 43.9. The molecule has 2 aromatic carbocycles. The van der Waals surface area contributed by atoms with Crippen molar-refractivity contribution in [1.29, 1.82) is 10.5 Å². The summed E-state index contributed by atoms with van der Waals surface area (Å²) in [5.41, 5.74) is 19.2. The van der Waals surface area contributed by atoms with Crippen molar-refractivity contribution in [3.05, 3.63) is 80.5 Å². The number of amides is 4. The number of benzene rings is 2. The number of carbonyl (C=O) groups excluding carboxylic acids is 5. The number of unbranched alkanes of at least 4 members (excludes halogenated alkanes) is 2. The standard InChI is InChI=1S/C24H34N6O5S2.C22H33N5O5S2.C8H19N.C2H2BrN/c1-17(22(32)34-14-12-25)7-5-6-13-27-21(31)20(16-36-37-24(2,3)4)28-23(33)35-15-18-8-10-19(11-9-18)29-30-26;1-15(20(29)30)7-5-6-12-24-19(28)18(14-33-34-22(2,3)4)25-21(31)32-13-16-8-10-17(11-9-16)26-27-23;1-6-9(7(2)3)8(4)5;3-1-2-4/h8-11,17,20H,5-7,13-16H2,1-4H3,(H,27,31)(H,28,33);8-11,15,18H,5-7,12-14H2,1-4H3,(H,24,28)(H,25,31)(H,29,30);7-8H,6H2,1-5H3;1H2/t17-,20-;15-,18-;;/m00../s1. The Balaban J connectivity index is 0. The van der Waals surface area contributed by atoms with Crippen molar-refractivity contribution in [2.45, 2.75) is 175 Å². The van der Waals surface area contributed by atoms with E-state index in [0.717, 1.165) is 6.54 Å². The van der Waals surface area contributed by atoms with Gasteiger partial charge < -0.3 is 40.6 Å². The molecule has 0 spiro atoms. The summed E-state index contributed by atoms with van der Waals surface area (Å²) in [6.07, 6.45) is 2.36. The molecule has 0 saturated heterocycles. The normalized spacial score (nSPS) is 12.1. The maximum Gasteiger partial charge on any atom is 0.408 e. The average molecular weight is 1310 g/mol. The Hall–Kier alpha value is -5.70. The van der Waals surface area contributed by atoms with Gasteiger partial charge >= 0.3 is 24.1 Å². The van der Waals surface area contributed by atoms with Crippen molar-refractivity contribution in [1.82, 2.24) is 26.2 Å². The summed E-state index contributed by atoms with van der Waals surface area (Å²) < 4.78 is 15.3. The highest BCUT2D eigenvalue weighted by atomic mass is 79.9. The van der Waals surface area contributed by atoms with Crippen molar-refractivity contribution in [2.24, 2.45) is 22.1 Å². The quantitative estimate of drug-likeness (QED) is 0.00664. The second-order valence-corrected chi connectivity index (χ2v) is 27.9. The van der Waals surface area contributed by atoms with Crippen molar-refractivity contribution in [3.63, 3.8) is 0 Å². The van der Waals surface area contributed by atoms with Crippen LogP contribution < -0.4 is 21.3 Å². The van der Waals surface area contributed by atoms with Crippen LogP contribution in [0.25, 0.3) is 20.9 Å². The van der Waals surface area contributed by atoms with Gasteiger partial charge in [-0.3, -0.25) is 24.1 Å². The number of esters is 1. The van der Waals surface area contributed by atoms with Gasteiger partial charge in [0.05, 0.1) is 23.2 Å². The van der Waals surface area contributed by atoms with Gasteiger partial charge in [0.25, 0.3) is 0 Å². The van der Waals surface area contributed by atoms with Gasteiger partial charge in [-0.25, -0.2) is 9.59 Å². The zero-order valence-electron chi connectivity index (χ0n) is 50.8. The van der Waals surface area contributed by atoms with E-state index < -0.39 is 42.1 Å². The number of alkyl carbamates (subject to hydrolysis) is 2. The molecule has 4 amide bonds. The van der Waals surface area contributed by atoms with Crippen LogP contribution in [-0.4, -0.2) is 123 Å². The lowest BCUT2D eigenvalue weighted by atomic mass is 10.0. The van der Waals surface area contributed by atoms with Crippen LogP contribution in [0.15, 0.2) is 58.8 Å². The lowest BCUT2D eigenvalue weighted by Crippen LogP contribution is -2.48. The smallest absolute Gasteiger partial charge is 0.408 e. The molecule has 28 heteroatoms. The van der Waals surface area contributed by atoms with Gasteiger partial charge in [-0.2, -0.15) is 10.5 Å². The molecule has 0 fully saturated rings. The fraction of sp³-hybridized carbons (Fsp3) is 0.643. The molecule has 0 aromatic heterocycles. The number of azide groups is 2. The molecule has 2 aromatic rings. The van der Waals surface area contributed by atoms with E-state index in [-0.39, 0.29) is 47.0 Å². The van der Waals surface area contributed by atoms with E-state index in [2.05, 4.69) is 138 Å². The minimum atomic E-state index is -0.827. The Kier molecular flexibility index (Phi) is 45.5. The van der Waals surface area contributed by atoms with Gasteiger partial charge in [0.1, 0.15) is 31.4 Å². The first-order valence-electron chi connectivity index (χ1n) is 27.3. The first-order chi connectivity index (χ1) is 39.6. The number of ether oxygens (including phenoxy) is 3. The number of aliphatic carboxylic acids is 1. The number of alkyl halides is 1. The maximum atomic E-state index is 12.8. The molecular formula is C56H88BrN13O10S4. The van der Waals surface area contributed by atoms with Crippen LogP contribution in [0.2, 0.25) is 0 Å². The van der Waals surface area contributed by atoms with E-state index in [4.69, 9.17) is 40.9 Å². The Morgan fingerprint density at radius 3 is 1.33 bits per heavy atom. The van der Waals surface area contributed by atoms with E-state index >= 15 is 0 Å². The van der Waals surface area contributed by atoms with E-state index in [1.54, 1.807) is 90.0 Å². The zero-order valence-corrected chi connectivity index (χ0v) is 55.7. The minimum Gasteiger partial charge on any atom is -0.481 e. The fourth-order valence-corrected chi connectivity index (χ4v) is 11.6. The Bertz CT molecular complexity index is 2420. The van der Waals surface area contributed by atoms with E-state index in [1.165, 1.54) is 21.6 Å². The molecule has 23 nitrogen and oxygen atoms in total. The Labute approximate surface area is 521 Å². The molecular weight excluding hydrogens is 1220 g/mol. The van der Waals surface area contributed by atoms with Crippen LogP contribution in [0.1, 0.15) is 140 Å². The summed E-state index contributed by atoms with van der Waals surface area (Å²) >= 11 is 2.89. The summed E-state index contributed by atoms with van der Waals surface area (Å²) in [6.45, 7) is 28.6. The molecule has 5 N–H and O–H groups in total. The molecule has 2 rings (SSSR count). The van der Waals surface area contributed by atoms with Crippen molar-refractivity contribution in [2.75, 3.05) is 43.1 Å². The van der Waals surface area contributed by atoms with Crippen LogP contribution in [0.4, 0.5) is 21.0 Å². The van der Waals surface area contributed by atoms with Gasteiger partial charge in [-0.1, -0.05) is 193 Å². The molecule has 0 aliphatic heterocycles. The van der Waals surface area contributed by atoms with E-state index in [0.29, 0.717) is 103 Å². The van der Waals surface area contributed by atoms with Crippen LogP contribution >= 0.6 is 59.1 Å². The number of carbonyl (C=O) groups is 6. The lowest BCUT2D eigenvalue weighted by Gasteiger charge is -2.28. The molecule has 0 radical (unpaired) electrons. The summed E-state index contributed by atoms with van der Waals surface area (Å²) in [7, 11) is 6.20. The summed E-state index contributed by atoms with van der Waals surface area (Å²) in [5.74, 6) is -1.90. The number of rotatable bonds is 32. The number of hydrogen-bond donors (Lipinski definition) is 5. The van der Waals surface area contributed by atoms with Crippen LogP contribution in [0.5, 0.6) is 0 Å². The van der Waals surface area contributed by atoms with Crippen LogP contribution in [0.3, 0.4) is 0 Å². The molecule has 0 unspecified atom stereocenters. The van der Waals surface area contributed by atoms with Gasteiger partial charge in [-0.05, 0) is 82.1 Å². The molecule has 0 aliphatic carbocycles. The molecule has 0 aliphatic rings. The van der Waals surface area contributed by atoms with Gasteiger partial charge in [-0.15, -0.1) is 0 Å². The first kappa shape index (κ1) is 80.4. The largest absolute Gasteiger partial charge is 0.481 e. The number of halogens is 1. The molecule has 0 saturated carbocycles. The summed E-state index contributed by atoms with van der Waals surface area (Å²) in [6, 6.07) is 16.6.